The van der Waals surface area contributed by atoms with Crippen LogP contribution in [0.4, 0.5) is 0 Å². The second-order valence-corrected chi connectivity index (χ2v) is 18.2. The van der Waals surface area contributed by atoms with E-state index in [1.54, 1.807) is 0 Å². The van der Waals surface area contributed by atoms with E-state index in [1.165, 1.54) is 167 Å². The average Bonchev–Trinajstić information content (AvgIpc) is 3.33. The Kier molecular flexibility index (Phi) is 34.8. The first-order valence-electron chi connectivity index (χ1n) is 26.8. The number of carboxylic acid groups (broad SMARTS) is 1. The summed E-state index contributed by atoms with van der Waals surface area (Å²) in [5.41, 5.74) is 4.24. The molecule has 8 nitrogen and oxygen atoms in total. The molecule has 0 aliphatic carbocycles. The zero-order chi connectivity index (χ0) is 46.8. The number of hydrogen-bond donors (Lipinski definition) is 1. The number of ether oxygens (including phenoxy) is 6. The predicted octanol–water partition coefficient (Wildman–Crippen LogP) is 16.3. The molecule has 0 saturated heterocycles. The molecule has 0 bridgehead atoms. The molecule has 0 amide bonds. The molecule has 0 aliphatic rings. The van der Waals surface area contributed by atoms with Crippen molar-refractivity contribution in [2.75, 3.05) is 59.5 Å². The normalized spacial score (nSPS) is 11.3. The maximum atomic E-state index is 10.6. The van der Waals surface area contributed by atoms with Crippen molar-refractivity contribution in [2.45, 2.75) is 194 Å². The fourth-order valence-corrected chi connectivity index (χ4v) is 8.32. The van der Waals surface area contributed by atoms with E-state index in [4.69, 9.17) is 33.5 Å². The minimum absolute atomic E-state index is 0.233. The van der Waals surface area contributed by atoms with Crippen LogP contribution in [0.1, 0.15) is 194 Å². The van der Waals surface area contributed by atoms with Crippen LogP contribution in [-0.4, -0.2) is 70.5 Å². The van der Waals surface area contributed by atoms with E-state index in [0.29, 0.717) is 33.0 Å². The Morgan fingerprint density at radius 3 is 1.12 bits per heavy atom. The first kappa shape index (κ1) is 56.7. The van der Waals surface area contributed by atoms with Crippen LogP contribution < -0.4 is 14.2 Å². The molecular weight excluding hydrogens is 825 g/mol. The zero-order valence-corrected chi connectivity index (χ0v) is 41.8. The lowest BCUT2D eigenvalue weighted by Gasteiger charge is -2.15. The fourth-order valence-electron chi connectivity index (χ4n) is 8.32. The minimum Gasteiger partial charge on any atom is -0.494 e. The van der Waals surface area contributed by atoms with Gasteiger partial charge in [-0.1, -0.05) is 217 Å². The summed E-state index contributed by atoms with van der Waals surface area (Å²) in [5.74, 6) is 1.60. The van der Waals surface area contributed by atoms with Crippen molar-refractivity contribution in [2.24, 2.45) is 0 Å². The summed E-state index contributed by atoms with van der Waals surface area (Å²) in [4.78, 5) is 10.6. The highest BCUT2D eigenvalue weighted by atomic mass is 16.6. The predicted molar refractivity (Wildman–Crippen MR) is 275 cm³/mol. The summed E-state index contributed by atoms with van der Waals surface area (Å²) >= 11 is 0. The van der Waals surface area contributed by atoms with E-state index >= 15 is 0 Å². The Labute approximate surface area is 402 Å². The molecule has 3 aromatic carbocycles. The molecule has 0 unspecified atom stereocenters. The van der Waals surface area contributed by atoms with Crippen molar-refractivity contribution >= 4 is 5.97 Å². The second kappa shape index (κ2) is 40.5. The van der Waals surface area contributed by atoms with E-state index in [2.05, 4.69) is 80.6 Å². The molecule has 3 aromatic rings. The van der Waals surface area contributed by atoms with Crippen LogP contribution in [0.15, 0.2) is 66.7 Å². The summed E-state index contributed by atoms with van der Waals surface area (Å²) in [6.07, 6.45) is 37.8. The molecule has 0 radical (unpaired) electrons. The summed E-state index contributed by atoms with van der Waals surface area (Å²) < 4.78 is 34.9. The SMILES string of the molecule is CCCCCCCCCCCCCCCCOc1ccc(-c2ccc(-c3ccc(OCCCCCCCCCCCCCCCC)cc3)c(OCCOCCOCCOCC(=O)O)c2)cc1. The molecule has 3 rings (SSSR count). The summed E-state index contributed by atoms with van der Waals surface area (Å²) in [7, 11) is 0. The zero-order valence-electron chi connectivity index (χ0n) is 41.8. The van der Waals surface area contributed by atoms with E-state index in [1.807, 2.05) is 0 Å². The lowest BCUT2D eigenvalue weighted by molar-refractivity contribution is -0.142. The van der Waals surface area contributed by atoms with Crippen molar-refractivity contribution in [1.82, 2.24) is 0 Å². The molecular formula is C58H92O8. The Morgan fingerprint density at radius 1 is 0.364 bits per heavy atom. The van der Waals surface area contributed by atoms with Gasteiger partial charge in [0.05, 0.1) is 46.2 Å². The molecule has 8 heteroatoms. The van der Waals surface area contributed by atoms with Crippen molar-refractivity contribution in [3.63, 3.8) is 0 Å². The highest BCUT2D eigenvalue weighted by Gasteiger charge is 2.11. The number of hydrogen-bond acceptors (Lipinski definition) is 7. The summed E-state index contributed by atoms with van der Waals surface area (Å²) in [6.45, 7) is 7.88. The van der Waals surface area contributed by atoms with Gasteiger partial charge >= 0.3 is 5.97 Å². The first-order chi connectivity index (χ1) is 32.6. The topological polar surface area (TPSA) is 92.7 Å². The molecule has 372 valence electrons. The summed E-state index contributed by atoms with van der Waals surface area (Å²) in [5, 5.41) is 8.67. The summed E-state index contributed by atoms with van der Waals surface area (Å²) in [6, 6.07) is 23.1. The standard InChI is InChI=1S/C58H92O8/c1-3-5-7-9-11-13-15-17-19-21-23-25-27-29-41-64-54-36-31-51(32-37-54)53-35-40-56(57(49-53)66-48-47-62-44-43-61-45-46-63-50-58(59)60)52-33-38-55(39-34-52)65-42-30-28-26-24-22-20-18-16-14-12-10-8-6-4-2/h31-40,49H,3-30,41-48,50H2,1-2H3,(H,59,60). The van der Waals surface area contributed by atoms with Crippen LogP contribution in [0.2, 0.25) is 0 Å². The third kappa shape index (κ3) is 29.2. The molecule has 0 aromatic heterocycles. The van der Waals surface area contributed by atoms with Crippen molar-refractivity contribution in [3.05, 3.63) is 66.7 Å². The Morgan fingerprint density at radius 2 is 0.712 bits per heavy atom. The average molecular weight is 917 g/mol. The molecule has 0 aliphatic heterocycles. The molecule has 0 atom stereocenters. The van der Waals surface area contributed by atoms with Gasteiger partial charge in [-0.25, -0.2) is 4.79 Å². The number of rotatable bonds is 46. The van der Waals surface area contributed by atoms with Crippen molar-refractivity contribution in [3.8, 4) is 39.5 Å². The van der Waals surface area contributed by atoms with Crippen molar-refractivity contribution < 1.29 is 38.3 Å². The smallest absolute Gasteiger partial charge is 0.329 e. The minimum atomic E-state index is -0.989. The highest BCUT2D eigenvalue weighted by molar-refractivity contribution is 5.77. The number of carboxylic acids is 1. The number of unbranched alkanes of at least 4 members (excludes halogenated alkanes) is 26. The number of carbonyl (C=O) groups is 1. The third-order valence-corrected chi connectivity index (χ3v) is 12.3. The van der Waals surface area contributed by atoms with Crippen LogP contribution >= 0.6 is 0 Å². The molecule has 0 spiro atoms. The Hall–Kier alpha value is -3.59. The van der Waals surface area contributed by atoms with Gasteiger partial charge in [0.2, 0.25) is 0 Å². The molecule has 0 saturated carbocycles. The quantitative estimate of drug-likeness (QED) is 0.0560. The van der Waals surface area contributed by atoms with Crippen LogP contribution in [-0.2, 0) is 19.0 Å². The number of benzene rings is 3. The van der Waals surface area contributed by atoms with E-state index in [9.17, 15) is 4.79 Å². The van der Waals surface area contributed by atoms with Gasteiger partial charge in [0.1, 0.15) is 30.5 Å². The van der Waals surface area contributed by atoms with Crippen LogP contribution in [0.25, 0.3) is 22.3 Å². The van der Waals surface area contributed by atoms with Crippen LogP contribution in [0, 0.1) is 0 Å². The maximum absolute atomic E-state index is 10.6. The van der Waals surface area contributed by atoms with Gasteiger partial charge in [0.15, 0.2) is 0 Å². The molecule has 66 heavy (non-hydrogen) atoms. The molecule has 0 heterocycles. The van der Waals surface area contributed by atoms with Gasteiger partial charge in [-0.3, -0.25) is 0 Å². The van der Waals surface area contributed by atoms with Crippen molar-refractivity contribution in [1.29, 1.82) is 0 Å². The van der Waals surface area contributed by atoms with Crippen LogP contribution in [0.3, 0.4) is 0 Å². The lowest BCUT2D eigenvalue weighted by Crippen LogP contribution is -2.14. The molecule has 0 fully saturated rings. The van der Waals surface area contributed by atoms with Gasteiger partial charge in [0, 0.05) is 5.56 Å². The Bertz CT molecular complexity index is 1560. The highest BCUT2D eigenvalue weighted by Crippen LogP contribution is 2.36. The van der Waals surface area contributed by atoms with E-state index < -0.39 is 5.97 Å². The first-order valence-corrected chi connectivity index (χ1v) is 26.8. The largest absolute Gasteiger partial charge is 0.494 e. The van der Waals surface area contributed by atoms with Gasteiger partial charge < -0.3 is 33.5 Å². The Balaban J connectivity index is 1.41. The lowest BCUT2D eigenvalue weighted by atomic mass is 9.99. The van der Waals surface area contributed by atoms with Crippen LogP contribution in [0.5, 0.6) is 17.2 Å². The van der Waals surface area contributed by atoms with Gasteiger partial charge in [0.25, 0.3) is 0 Å². The third-order valence-electron chi connectivity index (χ3n) is 12.3. The fraction of sp³-hybridized carbons (Fsp3) is 0.672. The van der Waals surface area contributed by atoms with E-state index in [-0.39, 0.29) is 13.2 Å². The van der Waals surface area contributed by atoms with Gasteiger partial charge in [-0.05, 0) is 59.9 Å². The number of aliphatic carboxylic acids is 1. The maximum Gasteiger partial charge on any atom is 0.329 e. The monoisotopic (exact) mass is 917 g/mol. The van der Waals surface area contributed by atoms with Gasteiger partial charge in [-0.2, -0.15) is 0 Å². The molecule has 1 N–H and O–H groups in total. The van der Waals surface area contributed by atoms with Gasteiger partial charge in [-0.15, -0.1) is 0 Å². The second-order valence-electron chi connectivity index (χ2n) is 18.2. The van der Waals surface area contributed by atoms with E-state index in [0.717, 1.165) is 65.6 Å².